The molecule has 0 spiro atoms. The Kier molecular flexibility index (Phi) is 5.33. The number of nitrogens with one attached hydrogen (secondary N) is 2. The number of benzene rings is 2. The first-order valence-corrected chi connectivity index (χ1v) is 7.71. The minimum Gasteiger partial charge on any atom is -0.376 e. The first-order valence-electron chi connectivity index (χ1n) is 6.92. The topological polar surface area (TPSA) is 84.3 Å². The summed E-state index contributed by atoms with van der Waals surface area (Å²) in [4.78, 5) is 22.7. The van der Waals surface area contributed by atoms with Crippen LogP contribution in [0.1, 0.15) is 11.1 Å². The summed E-state index contributed by atoms with van der Waals surface area (Å²) in [6.45, 7) is 3.61. The van der Waals surface area contributed by atoms with E-state index in [4.69, 9.17) is 0 Å². The zero-order valence-electron chi connectivity index (χ0n) is 12.7. The summed E-state index contributed by atoms with van der Waals surface area (Å²) in [5.41, 5.74) is 2.50. The molecule has 6 nitrogen and oxygen atoms in total. The molecular formula is C16H16BrN3O3. The number of hydrogen-bond donors (Lipinski definition) is 2. The Morgan fingerprint density at radius 3 is 2.43 bits per heavy atom. The summed E-state index contributed by atoms with van der Waals surface area (Å²) in [6.07, 6.45) is 0. The molecule has 2 N–H and O–H groups in total. The number of nitro benzene ring substituents is 1. The van der Waals surface area contributed by atoms with E-state index in [-0.39, 0.29) is 23.8 Å². The van der Waals surface area contributed by atoms with E-state index in [1.54, 1.807) is 13.0 Å². The number of amides is 1. The molecule has 0 unspecified atom stereocenters. The summed E-state index contributed by atoms with van der Waals surface area (Å²) < 4.78 is 0.943. The third kappa shape index (κ3) is 4.29. The first kappa shape index (κ1) is 17.0. The smallest absolute Gasteiger partial charge is 0.293 e. The van der Waals surface area contributed by atoms with E-state index in [1.165, 1.54) is 6.07 Å². The lowest BCUT2D eigenvalue weighted by Crippen LogP contribution is -2.22. The molecule has 1 amide bonds. The Labute approximate surface area is 142 Å². The predicted molar refractivity (Wildman–Crippen MR) is 93.8 cm³/mol. The van der Waals surface area contributed by atoms with E-state index in [9.17, 15) is 14.9 Å². The molecule has 0 fully saturated rings. The van der Waals surface area contributed by atoms with Gasteiger partial charge < -0.3 is 10.6 Å². The molecule has 0 saturated carbocycles. The second kappa shape index (κ2) is 7.23. The Bertz CT molecular complexity index is 745. The van der Waals surface area contributed by atoms with Gasteiger partial charge in [-0.05, 0) is 49.2 Å². The van der Waals surface area contributed by atoms with Gasteiger partial charge >= 0.3 is 0 Å². The summed E-state index contributed by atoms with van der Waals surface area (Å²) in [7, 11) is 0. The van der Waals surface area contributed by atoms with Crippen molar-refractivity contribution in [3.05, 3.63) is 62.1 Å². The fraction of sp³-hybridized carbons (Fsp3) is 0.188. The largest absolute Gasteiger partial charge is 0.376 e. The van der Waals surface area contributed by atoms with E-state index >= 15 is 0 Å². The van der Waals surface area contributed by atoms with E-state index in [2.05, 4.69) is 26.6 Å². The predicted octanol–water partition coefficient (Wildman–Crippen LogP) is 4.02. The molecule has 0 radical (unpaired) electrons. The lowest BCUT2D eigenvalue weighted by atomic mass is 10.1. The molecule has 0 aliphatic carbocycles. The summed E-state index contributed by atoms with van der Waals surface area (Å²) in [5.74, 6) is -0.343. The van der Waals surface area contributed by atoms with Gasteiger partial charge in [-0.25, -0.2) is 0 Å². The number of carbonyl (C=O) groups excluding carboxylic acids is 1. The van der Waals surface area contributed by atoms with Gasteiger partial charge in [-0.2, -0.15) is 0 Å². The van der Waals surface area contributed by atoms with Gasteiger partial charge in [0.2, 0.25) is 5.91 Å². The average molecular weight is 378 g/mol. The number of rotatable bonds is 5. The highest BCUT2D eigenvalue weighted by molar-refractivity contribution is 9.10. The molecule has 2 aromatic rings. The molecule has 2 rings (SSSR count). The molecule has 0 heterocycles. The van der Waals surface area contributed by atoms with Crippen molar-refractivity contribution >= 4 is 38.9 Å². The summed E-state index contributed by atoms with van der Waals surface area (Å²) in [5, 5.41) is 16.7. The molecule has 0 bridgehead atoms. The number of aryl methyl sites for hydroxylation is 1. The van der Waals surface area contributed by atoms with Crippen molar-refractivity contribution in [2.45, 2.75) is 13.8 Å². The normalized spacial score (nSPS) is 10.2. The molecule has 0 aliphatic heterocycles. The Balaban J connectivity index is 2.09. The van der Waals surface area contributed by atoms with Crippen LogP contribution in [-0.4, -0.2) is 17.4 Å². The maximum Gasteiger partial charge on any atom is 0.293 e. The fourth-order valence-corrected chi connectivity index (χ4v) is 2.31. The molecular weight excluding hydrogens is 362 g/mol. The number of carbonyl (C=O) groups is 1. The van der Waals surface area contributed by atoms with Crippen LogP contribution in [0.5, 0.6) is 0 Å². The van der Waals surface area contributed by atoms with Crippen molar-refractivity contribution in [2.75, 3.05) is 17.2 Å². The molecule has 0 aromatic heterocycles. The highest BCUT2D eigenvalue weighted by Gasteiger charge is 2.19. The number of nitro groups is 1. The van der Waals surface area contributed by atoms with Crippen LogP contribution in [0.2, 0.25) is 0 Å². The summed E-state index contributed by atoms with van der Waals surface area (Å²) >= 11 is 3.34. The maximum atomic E-state index is 12.1. The average Bonchev–Trinajstić information content (AvgIpc) is 2.51. The van der Waals surface area contributed by atoms with Crippen LogP contribution in [0, 0.1) is 24.0 Å². The van der Waals surface area contributed by atoms with Crippen LogP contribution in [0.15, 0.2) is 40.9 Å². The van der Waals surface area contributed by atoms with E-state index < -0.39 is 4.92 Å². The first-order chi connectivity index (χ1) is 10.9. The maximum absolute atomic E-state index is 12.1. The Hall–Kier alpha value is -2.41. The zero-order chi connectivity index (χ0) is 17.0. The monoisotopic (exact) mass is 377 g/mol. The van der Waals surface area contributed by atoms with Gasteiger partial charge in [-0.3, -0.25) is 14.9 Å². The van der Waals surface area contributed by atoms with Gasteiger partial charge in [0.05, 0.1) is 11.5 Å². The Morgan fingerprint density at radius 2 is 1.83 bits per heavy atom. The van der Waals surface area contributed by atoms with Gasteiger partial charge in [0, 0.05) is 16.2 Å². The number of hydrogen-bond acceptors (Lipinski definition) is 4. The molecule has 0 saturated heterocycles. The fourth-order valence-electron chi connectivity index (χ4n) is 2.05. The van der Waals surface area contributed by atoms with Crippen LogP contribution < -0.4 is 10.6 Å². The van der Waals surface area contributed by atoms with Crippen LogP contribution in [0.3, 0.4) is 0 Å². The number of anilines is 2. The standard InChI is InChI=1S/C16H16BrN3O3/c1-10-3-8-14(20(22)23)16(11(10)2)19-15(21)9-18-13-6-4-12(17)5-7-13/h3-8,18H,9H2,1-2H3,(H,19,21). The van der Waals surface area contributed by atoms with Gasteiger partial charge in [0.1, 0.15) is 5.69 Å². The van der Waals surface area contributed by atoms with E-state index in [0.717, 1.165) is 15.7 Å². The number of nitrogens with zero attached hydrogens (tertiary/aromatic N) is 1. The van der Waals surface area contributed by atoms with Crippen LogP contribution in [0.25, 0.3) is 0 Å². The van der Waals surface area contributed by atoms with Crippen LogP contribution in [0.4, 0.5) is 17.1 Å². The van der Waals surface area contributed by atoms with Crippen LogP contribution in [-0.2, 0) is 4.79 Å². The molecule has 23 heavy (non-hydrogen) atoms. The van der Waals surface area contributed by atoms with Crippen molar-refractivity contribution in [1.82, 2.24) is 0 Å². The SMILES string of the molecule is Cc1ccc([N+](=O)[O-])c(NC(=O)CNc2ccc(Br)cc2)c1C. The van der Waals surface area contributed by atoms with Crippen LogP contribution >= 0.6 is 15.9 Å². The zero-order valence-corrected chi connectivity index (χ0v) is 14.3. The van der Waals surface area contributed by atoms with E-state index in [1.807, 2.05) is 31.2 Å². The van der Waals surface area contributed by atoms with Crippen molar-refractivity contribution < 1.29 is 9.72 Å². The highest BCUT2D eigenvalue weighted by Crippen LogP contribution is 2.30. The Morgan fingerprint density at radius 1 is 1.17 bits per heavy atom. The summed E-state index contributed by atoms with van der Waals surface area (Å²) in [6, 6.07) is 10.4. The number of halogens is 1. The quantitative estimate of drug-likeness (QED) is 0.608. The lowest BCUT2D eigenvalue weighted by molar-refractivity contribution is -0.384. The molecule has 2 aromatic carbocycles. The van der Waals surface area contributed by atoms with Gasteiger partial charge in [-0.1, -0.05) is 22.0 Å². The van der Waals surface area contributed by atoms with E-state index in [0.29, 0.717) is 5.56 Å². The lowest BCUT2D eigenvalue weighted by Gasteiger charge is -2.12. The second-order valence-corrected chi connectivity index (χ2v) is 5.98. The van der Waals surface area contributed by atoms with Crippen molar-refractivity contribution in [2.24, 2.45) is 0 Å². The molecule has 0 aliphatic rings. The van der Waals surface area contributed by atoms with Gasteiger partial charge in [-0.15, -0.1) is 0 Å². The van der Waals surface area contributed by atoms with Crippen molar-refractivity contribution in [1.29, 1.82) is 0 Å². The second-order valence-electron chi connectivity index (χ2n) is 5.07. The van der Waals surface area contributed by atoms with Gasteiger partial charge in [0.15, 0.2) is 0 Å². The highest BCUT2D eigenvalue weighted by atomic mass is 79.9. The molecule has 0 atom stereocenters. The van der Waals surface area contributed by atoms with Gasteiger partial charge in [0.25, 0.3) is 5.69 Å². The minimum absolute atomic E-state index is 0.0200. The molecule has 120 valence electrons. The minimum atomic E-state index is -0.496. The van der Waals surface area contributed by atoms with Crippen molar-refractivity contribution in [3.63, 3.8) is 0 Å². The third-order valence-electron chi connectivity index (χ3n) is 3.47. The third-order valence-corrected chi connectivity index (χ3v) is 4.00. The van der Waals surface area contributed by atoms with Crippen molar-refractivity contribution in [3.8, 4) is 0 Å². The molecule has 7 heteroatoms.